The highest BCUT2D eigenvalue weighted by Gasteiger charge is 2.40. The summed E-state index contributed by atoms with van der Waals surface area (Å²) in [5.41, 5.74) is 4.86. The highest BCUT2D eigenvalue weighted by atomic mass is 35.5. The van der Waals surface area contributed by atoms with Crippen molar-refractivity contribution < 1.29 is 14.7 Å². The van der Waals surface area contributed by atoms with Crippen LogP contribution in [-0.4, -0.2) is 40.5 Å². The third kappa shape index (κ3) is 2.78. The Balaban J connectivity index is 2.20. The SMILES string of the molecule is Cc1cc(C(=O)N2CCC[C@](O)(C(N)=O)C2)ccc1Cl. The smallest absolute Gasteiger partial charge is 0.253 e. The van der Waals surface area contributed by atoms with E-state index in [0.29, 0.717) is 23.6 Å². The van der Waals surface area contributed by atoms with E-state index in [1.165, 1.54) is 4.90 Å². The molecule has 0 radical (unpaired) electrons. The molecule has 5 nitrogen and oxygen atoms in total. The fourth-order valence-electron chi connectivity index (χ4n) is 2.37. The number of hydrogen-bond donors (Lipinski definition) is 2. The van der Waals surface area contributed by atoms with Gasteiger partial charge in [-0.25, -0.2) is 0 Å². The average molecular weight is 297 g/mol. The van der Waals surface area contributed by atoms with Crippen LogP contribution in [0.3, 0.4) is 0 Å². The van der Waals surface area contributed by atoms with E-state index >= 15 is 0 Å². The topological polar surface area (TPSA) is 83.6 Å². The number of aryl methyl sites for hydroxylation is 1. The lowest BCUT2D eigenvalue weighted by atomic mass is 9.91. The van der Waals surface area contributed by atoms with Gasteiger partial charge in [-0.05, 0) is 43.5 Å². The molecule has 1 aromatic carbocycles. The molecule has 1 aliphatic heterocycles. The molecule has 1 saturated heterocycles. The van der Waals surface area contributed by atoms with Crippen molar-refractivity contribution in [1.29, 1.82) is 0 Å². The number of amides is 2. The normalized spacial score (nSPS) is 22.6. The summed E-state index contributed by atoms with van der Waals surface area (Å²) in [5, 5.41) is 10.7. The summed E-state index contributed by atoms with van der Waals surface area (Å²) in [6, 6.07) is 4.99. The maximum absolute atomic E-state index is 12.4. The number of carbonyl (C=O) groups is 2. The summed E-state index contributed by atoms with van der Waals surface area (Å²) in [7, 11) is 0. The van der Waals surface area contributed by atoms with Gasteiger partial charge in [0.05, 0.1) is 6.54 Å². The van der Waals surface area contributed by atoms with E-state index in [1.807, 2.05) is 6.92 Å². The summed E-state index contributed by atoms with van der Waals surface area (Å²) in [6.07, 6.45) is 0.823. The van der Waals surface area contributed by atoms with Crippen molar-refractivity contribution in [3.8, 4) is 0 Å². The van der Waals surface area contributed by atoms with Gasteiger partial charge in [-0.1, -0.05) is 11.6 Å². The highest BCUT2D eigenvalue weighted by molar-refractivity contribution is 6.31. The van der Waals surface area contributed by atoms with E-state index in [9.17, 15) is 14.7 Å². The molecule has 0 bridgehead atoms. The van der Waals surface area contributed by atoms with E-state index < -0.39 is 11.5 Å². The van der Waals surface area contributed by atoms with Crippen LogP contribution in [-0.2, 0) is 4.79 Å². The van der Waals surface area contributed by atoms with Crippen molar-refractivity contribution in [2.75, 3.05) is 13.1 Å². The first-order valence-electron chi connectivity index (χ1n) is 6.41. The Morgan fingerprint density at radius 1 is 1.45 bits per heavy atom. The Hall–Kier alpha value is -1.59. The molecule has 2 rings (SSSR count). The Labute approximate surface area is 122 Å². The number of nitrogens with two attached hydrogens (primary N) is 1. The Morgan fingerprint density at radius 3 is 2.75 bits per heavy atom. The molecular formula is C14H17ClN2O3. The van der Waals surface area contributed by atoms with E-state index in [4.69, 9.17) is 17.3 Å². The van der Waals surface area contributed by atoms with Gasteiger partial charge in [-0.3, -0.25) is 9.59 Å². The fourth-order valence-corrected chi connectivity index (χ4v) is 2.49. The molecule has 1 fully saturated rings. The first kappa shape index (κ1) is 14.8. The molecule has 0 aliphatic carbocycles. The minimum atomic E-state index is -1.63. The molecule has 3 N–H and O–H groups in total. The number of β-amino-alcohol motifs (C(OH)–C–C–N with tert-alkyl or cyclic N) is 1. The third-order valence-electron chi connectivity index (χ3n) is 3.62. The first-order valence-corrected chi connectivity index (χ1v) is 6.79. The third-order valence-corrected chi connectivity index (χ3v) is 4.05. The van der Waals surface area contributed by atoms with E-state index in [1.54, 1.807) is 18.2 Å². The zero-order chi connectivity index (χ0) is 14.9. The van der Waals surface area contributed by atoms with Gasteiger partial charge >= 0.3 is 0 Å². The van der Waals surface area contributed by atoms with Crippen molar-refractivity contribution in [3.05, 3.63) is 34.3 Å². The van der Waals surface area contributed by atoms with Gasteiger partial charge in [0.2, 0.25) is 0 Å². The van der Waals surface area contributed by atoms with Gasteiger partial charge in [-0.15, -0.1) is 0 Å². The number of nitrogens with zero attached hydrogens (tertiary/aromatic N) is 1. The summed E-state index contributed by atoms with van der Waals surface area (Å²) < 4.78 is 0. The van der Waals surface area contributed by atoms with Gasteiger partial charge in [0.15, 0.2) is 5.60 Å². The standard InChI is InChI=1S/C14H17ClN2O3/c1-9-7-10(3-4-11(9)15)12(18)17-6-2-5-14(20,8-17)13(16)19/h3-4,7,20H,2,5-6,8H2,1H3,(H2,16,19)/t14-/m1/s1. The van der Waals surface area contributed by atoms with Gasteiger partial charge in [-0.2, -0.15) is 0 Å². The van der Waals surface area contributed by atoms with Crippen molar-refractivity contribution in [1.82, 2.24) is 4.90 Å². The maximum Gasteiger partial charge on any atom is 0.253 e. The number of likely N-dealkylation sites (tertiary alicyclic amines) is 1. The lowest BCUT2D eigenvalue weighted by molar-refractivity contribution is -0.140. The summed E-state index contributed by atoms with van der Waals surface area (Å²) >= 11 is 5.93. The lowest BCUT2D eigenvalue weighted by Gasteiger charge is -2.37. The van der Waals surface area contributed by atoms with Crippen LogP contribution in [0.5, 0.6) is 0 Å². The molecule has 1 heterocycles. The molecule has 108 valence electrons. The molecule has 0 saturated carbocycles. The zero-order valence-corrected chi connectivity index (χ0v) is 12.0. The summed E-state index contributed by atoms with van der Waals surface area (Å²) in [6.45, 7) is 2.24. The quantitative estimate of drug-likeness (QED) is 0.857. The van der Waals surface area contributed by atoms with E-state index in [2.05, 4.69) is 0 Å². The summed E-state index contributed by atoms with van der Waals surface area (Å²) in [5.74, 6) is -1.02. The minimum absolute atomic E-state index is 0.0666. The number of primary amides is 1. The number of piperidine rings is 1. The molecule has 1 atom stereocenters. The van der Waals surface area contributed by atoms with Crippen molar-refractivity contribution in [3.63, 3.8) is 0 Å². The van der Waals surface area contributed by atoms with Crippen LogP contribution in [0.25, 0.3) is 0 Å². The second kappa shape index (κ2) is 5.42. The van der Waals surface area contributed by atoms with Gasteiger partial charge in [0, 0.05) is 17.1 Å². The molecule has 1 aliphatic rings. The molecule has 1 aromatic rings. The van der Waals surface area contributed by atoms with Crippen LogP contribution in [0, 0.1) is 6.92 Å². The van der Waals surface area contributed by atoms with Crippen LogP contribution in [0.1, 0.15) is 28.8 Å². The molecule has 0 aromatic heterocycles. The van der Waals surface area contributed by atoms with E-state index in [-0.39, 0.29) is 18.9 Å². The number of carbonyl (C=O) groups excluding carboxylic acids is 2. The Morgan fingerprint density at radius 2 is 2.15 bits per heavy atom. The van der Waals surface area contributed by atoms with Crippen LogP contribution < -0.4 is 5.73 Å². The minimum Gasteiger partial charge on any atom is -0.378 e. The second-order valence-electron chi connectivity index (χ2n) is 5.19. The number of benzene rings is 1. The molecule has 20 heavy (non-hydrogen) atoms. The fraction of sp³-hybridized carbons (Fsp3) is 0.429. The van der Waals surface area contributed by atoms with Crippen molar-refractivity contribution in [2.45, 2.75) is 25.4 Å². The maximum atomic E-state index is 12.4. The molecule has 0 spiro atoms. The largest absolute Gasteiger partial charge is 0.378 e. The van der Waals surface area contributed by atoms with Crippen LogP contribution in [0.2, 0.25) is 5.02 Å². The first-order chi connectivity index (χ1) is 9.33. The van der Waals surface area contributed by atoms with Crippen LogP contribution in [0.4, 0.5) is 0 Å². The van der Waals surface area contributed by atoms with Crippen molar-refractivity contribution in [2.24, 2.45) is 5.73 Å². The Bertz CT molecular complexity index is 561. The molecule has 2 amide bonds. The predicted octanol–water partition coefficient (Wildman–Crippen LogP) is 1.10. The Kier molecular flexibility index (Phi) is 4.01. The predicted molar refractivity (Wildman–Crippen MR) is 75.5 cm³/mol. The van der Waals surface area contributed by atoms with Gasteiger partial charge in [0.1, 0.15) is 0 Å². The highest BCUT2D eigenvalue weighted by Crippen LogP contribution is 2.23. The average Bonchev–Trinajstić information content (AvgIpc) is 2.41. The number of hydrogen-bond acceptors (Lipinski definition) is 3. The van der Waals surface area contributed by atoms with E-state index in [0.717, 1.165) is 5.56 Å². The number of aliphatic hydroxyl groups is 1. The molecule has 0 unspecified atom stereocenters. The number of halogens is 1. The zero-order valence-electron chi connectivity index (χ0n) is 11.2. The molecule has 6 heteroatoms. The van der Waals surface area contributed by atoms with Gasteiger partial charge < -0.3 is 15.7 Å². The second-order valence-corrected chi connectivity index (χ2v) is 5.60. The van der Waals surface area contributed by atoms with Crippen LogP contribution >= 0.6 is 11.6 Å². The van der Waals surface area contributed by atoms with Crippen LogP contribution in [0.15, 0.2) is 18.2 Å². The van der Waals surface area contributed by atoms with Gasteiger partial charge in [0.25, 0.3) is 11.8 Å². The number of rotatable bonds is 2. The monoisotopic (exact) mass is 296 g/mol. The lowest BCUT2D eigenvalue weighted by Crippen LogP contribution is -2.57. The summed E-state index contributed by atoms with van der Waals surface area (Å²) in [4.78, 5) is 25.1. The molecular weight excluding hydrogens is 280 g/mol. The van der Waals surface area contributed by atoms with Crippen molar-refractivity contribution >= 4 is 23.4 Å².